The van der Waals surface area contributed by atoms with Crippen LogP contribution in [0.3, 0.4) is 0 Å². The van der Waals surface area contributed by atoms with Crippen molar-refractivity contribution in [2.75, 3.05) is 5.32 Å². The zero-order valence-corrected chi connectivity index (χ0v) is 18.1. The smallest absolute Gasteiger partial charge is 0.298 e. The number of carbonyl (C=O) groups is 1. The Kier molecular flexibility index (Phi) is 6.35. The number of benzene rings is 1. The predicted octanol–water partition coefficient (Wildman–Crippen LogP) is 5.05. The van der Waals surface area contributed by atoms with Gasteiger partial charge in [-0.2, -0.15) is 17.9 Å². The molecule has 0 bridgehead atoms. The summed E-state index contributed by atoms with van der Waals surface area (Å²) < 4.78 is 42.9. The monoisotopic (exact) mass is 462 g/mol. The summed E-state index contributed by atoms with van der Waals surface area (Å²) in [6.07, 6.45) is 3.66. The van der Waals surface area contributed by atoms with Crippen LogP contribution in [0.25, 0.3) is 11.3 Å². The number of anilines is 1. The van der Waals surface area contributed by atoms with Crippen LogP contribution in [0.4, 0.5) is 18.3 Å². The average Bonchev–Trinajstić information content (AvgIpc) is 3.51. The number of hydrogen-bond donors (Lipinski definition) is 1. The van der Waals surface area contributed by atoms with Crippen LogP contribution >= 0.6 is 11.3 Å². The number of amides is 1. The third kappa shape index (κ3) is 4.87. The summed E-state index contributed by atoms with van der Waals surface area (Å²) in [5, 5.41) is 15.6. The first-order valence-corrected chi connectivity index (χ1v) is 11.1. The van der Waals surface area contributed by atoms with Crippen LogP contribution in [0.5, 0.6) is 0 Å². The Morgan fingerprint density at radius 1 is 1.31 bits per heavy atom. The lowest BCUT2D eigenvalue weighted by Gasteiger charge is -2.16. The van der Waals surface area contributed by atoms with Gasteiger partial charge in [-0.15, -0.1) is 16.4 Å². The fourth-order valence-corrected chi connectivity index (χ4v) is 4.42. The molecule has 32 heavy (non-hydrogen) atoms. The van der Waals surface area contributed by atoms with E-state index in [1.165, 1.54) is 30.4 Å². The van der Waals surface area contributed by atoms with Crippen LogP contribution in [-0.2, 0) is 11.0 Å². The van der Waals surface area contributed by atoms with Gasteiger partial charge in [-0.25, -0.2) is 4.98 Å². The molecular weight excluding hydrogens is 441 g/mol. The third-order valence-corrected chi connectivity index (χ3v) is 6.18. The molecule has 1 fully saturated rings. The van der Waals surface area contributed by atoms with Gasteiger partial charge in [0.25, 0.3) is 5.91 Å². The highest BCUT2D eigenvalue weighted by Crippen LogP contribution is 2.36. The number of nitrogens with one attached hydrogen (secondary N) is 1. The van der Waals surface area contributed by atoms with Crippen LogP contribution < -0.4 is 5.32 Å². The number of aromatic nitrogens is 5. The van der Waals surface area contributed by atoms with Gasteiger partial charge in [0.1, 0.15) is 0 Å². The van der Waals surface area contributed by atoms with E-state index >= 15 is 0 Å². The molecule has 1 aromatic carbocycles. The molecule has 0 radical (unpaired) electrons. The van der Waals surface area contributed by atoms with Gasteiger partial charge in [0.2, 0.25) is 0 Å². The van der Waals surface area contributed by atoms with Gasteiger partial charge in [-0.3, -0.25) is 10.1 Å². The zero-order valence-electron chi connectivity index (χ0n) is 17.3. The molecule has 7 nitrogen and oxygen atoms in total. The fraction of sp³-hybridized carbons (Fsp3) is 0.381. The molecule has 0 atom stereocenters. The number of alkyl halides is 3. The maximum Gasteiger partial charge on any atom is 0.418 e. The zero-order chi connectivity index (χ0) is 22.7. The second kappa shape index (κ2) is 9.19. The molecule has 4 rings (SSSR count). The van der Waals surface area contributed by atoms with E-state index in [2.05, 4.69) is 25.8 Å². The fourth-order valence-electron chi connectivity index (χ4n) is 3.89. The number of nitrogens with zero attached hydrogens (tertiary/aromatic N) is 5. The molecule has 0 spiro atoms. The van der Waals surface area contributed by atoms with Gasteiger partial charge in [0.15, 0.2) is 11.0 Å². The SMILES string of the molecule is Cc1nnnn1-c1ccc(C(=CCC2CCCC2)C(=O)Nc2nccs2)cc1C(F)(F)F. The molecule has 1 aliphatic rings. The van der Waals surface area contributed by atoms with Crippen LogP contribution in [0.1, 0.15) is 49.1 Å². The molecule has 0 unspecified atom stereocenters. The molecule has 168 valence electrons. The Bertz CT molecular complexity index is 1120. The Morgan fingerprint density at radius 3 is 2.72 bits per heavy atom. The van der Waals surface area contributed by atoms with E-state index in [9.17, 15) is 18.0 Å². The first kappa shape index (κ1) is 22.1. The first-order valence-electron chi connectivity index (χ1n) is 10.2. The lowest BCUT2D eigenvalue weighted by Crippen LogP contribution is -2.16. The minimum atomic E-state index is -4.66. The highest BCUT2D eigenvalue weighted by atomic mass is 32.1. The molecule has 11 heteroatoms. The molecular formula is C21H21F3N6OS. The molecule has 0 aliphatic heterocycles. The summed E-state index contributed by atoms with van der Waals surface area (Å²) in [5.41, 5.74) is -0.741. The predicted molar refractivity (Wildman–Crippen MR) is 114 cm³/mol. The van der Waals surface area contributed by atoms with Crippen molar-refractivity contribution in [3.63, 3.8) is 0 Å². The van der Waals surface area contributed by atoms with Crippen molar-refractivity contribution in [2.45, 2.75) is 45.2 Å². The molecule has 1 saturated carbocycles. The van der Waals surface area contributed by atoms with Gasteiger partial charge in [0.05, 0.1) is 11.3 Å². The van der Waals surface area contributed by atoms with Crippen LogP contribution in [-0.4, -0.2) is 31.1 Å². The largest absolute Gasteiger partial charge is 0.418 e. The summed E-state index contributed by atoms with van der Waals surface area (Å²) in [4.78, 5) is 17.1. The molecule has 3 aromatic rings. The van der Waals surface area contributed by atoms with Crippen molar-refractivity contribution in [3.05, 3.63) is 52.8 Å². The summed E-state index contributed by atoms with van der Waals surface area (Å²) in [6.45, 7) is 1.52. The normalized spacial score (nSPS) is 15.3. The average molecular weight is 463 g/mol. The third-order valence-electron chi connectivity index (χ3n) is 5.49. The number of hydrogen-bond acceptors (Lipinski definition) is 6. The van der Waals surface area contributed by atoms with Crippen molar-refractivity contribution in [1.82, 2.24) is 25.2 Å². The van der Waals surface area contributed by atoms with Crippen molar-refractivity contribution in [2.24, 2.45) is 5.92 Å². The highest BCUT2D eigenvalue weighted by Gasteiger charge is 2.35. The highest BCUT2D eigenvalue weighted by molar-refractivity contribution is 7.13. The minimum Gasteiger partial charge on any atom is -0.298 e. The summed E-state index contributed by atoms with van der Waals surface area (Å²) in [5.74, 6) is 0.169. The first-order chi connectivity index (χ1) is 15.3. The van der Waals surface area contributed by atoms with Gasteiger partial charge in [-0.05, 0) is 47.4 Å². The van der Waals surface area contributed by atoms with Crippen molar-refractivity contribution in [1.29, 1.82) is 0 Å². The molecule has 2 aromatic heterocycles. The maximum absolute atomic E-state index is 13.9. The Labute approximate surface area is 186 Å². The number of allylic oxidation sites excluding steroid dienone is 1. The van der Waals surface area contributed by atoms with E-state index in [1.807, 2.05) is 0 Å². The van der Waals surface area contributed by atoms with E-state index in [0.29, 0.717) is 17.5 Å². The second-order valence-corrected chi connectivity index (χ2v) is 8.56. The van der Waals surface area contributed by atoms with Crippen LogP contribution in [0, 0.1) is 12.8 Å². The number of aryl methyl sites for hydroxylation is 1. The molecule has 2 heterocycles. The number of rotatable bonds is 6. The maximum atomic E-state index is 13.9. The number of tetrazole rings is 1. The molecule has 0 saturated heterocycles. The van der Waals surface area contributed by atoms with E-state index in [-0.39, 0.29) is 22.6 Å². The summed E-state index contributed by atoms with van der Waals surface area (Å²) >= 11 is 1.24. The van der Waals surface area contributed by atoms with Gasteiger partial charge in [0, 0.05) is 17.2 Å². The summed E-state index contributed by atoms with van der Waals surface area (Å²) in [6, 6.07) is 3.77. The van der Waals surface area contributed by atoms with E-state index in [0.717, 1.165) is 36.4 Å². The van der Waals surface area contributed by atoms with Crippen molar-refractivity contribution < 1.29 is 18.0 Å². The second-order valence-electron chi connectivity index (χ2n) is 7.66. The number of halogens is 3. The number of thiazole rings is 1. The van der Waals surface area contributed by atoms with E-state index in [1.54, 1.807) is 17.7 Å². The lowest BCUT2D eigenvalue weighted by atomic mass is 9.96. The van der Waals surface area contributed by atoms with Crippen molar-refractivity contribution >= 4 is 27.9 Å². The van der Waals surface area contributed by atoms with Crippen molar-refractivity contribution in [3.8, 4) is 5.69 Å². The number of carbonyl (C=O) groups excluding carboxylic acids is 1. The van der Waals surface area contributed by atoms with Gasteiger partial charge >= 0.3 is 6.18 Å². The summed E-state index contributed by atoms with van der Waals surface area (Å²) in [7, 11) is 0. The lowest BCUT2D eigenvalue weighted by molar-refractivity contribution is -0.137. The standard InChI is InChI=1S/C21H21F3N6OS/c1-13-27-28-29-30(13)18-9-7-15(12-17(18)21(22,23)24)16(8-6-14-4-2-3-5-14)19(31)26-20-25-10-11-32-20/h7-12,14H,2-6H2,1H3,(H,25,26,31). The topological polar surface area (TPSA) is 85.6 Å². The van der Waals surface area contributed by atoms with E-state index < -0.39 is 17.6 Å². The Morgan fingerprint density at radius 2 is 2.09 bits per heavy atom. The Balaban J connectivity index is 1.74. The quantitative estimate of drug-likeness (QED) is 0.518. The van der Waals surface area contributed by atoms with Gasteiger partial charge in [-0.1, -0.05) is 37.8 Å². The van der Waals surface area contributed by atoms with Gasteiger partial charge < -0.3 is 0 Å². The van der Waals surface area contributed by atoms with Crippen LogP contribution in [0.15, 0.2) is 35.9 Å². The molecule has 1 aliphatic carbocycles. The minimum absolute atomic E-state index is 0.179. The van der Waals surface area contributed by atoms with Crippen LogP contribution in [0.2, 0.25) is 0 Å². The van der Waals surface area contributed by atoms with E-state index in [4.69, 9.17) is 0 Å². The molecule has 1 N–H and O–H groups in total. The molecule has 1 amide bonds. The Hall–Kier alpha value is -3.08.